The number of hydrogen-bond donors (Lipinski definition) is 0. The molecule has 0 aliphatic carbocycles. The summed E-state index contributed by atoms with van der Waals surface area (Å²) in [6.07, 6.45) is 2.82. The summed E-state index contributed by atoms with van der Waals surface area (Å²) in [4.78, 5) is 0. The molecule has 0 saturated carbocycles. The Kier molecular flexibility index (Phi) is 1.95. The van der Waals surface area contributed by atoms with Gasteiger partial charge in [0.1, 0.15) is 11.3 Å². The molecule has 2 heterocycles. The molecule has 0 amide bonds. The molecule has 2 rings (SSSR count). The summed E-state index contributed by atoms with van der Waals surface area (Å²) >= 11 is 3.27. The van der Waals surface area contributed by atoms with Crippen LogP contribution in [0, 0.1) is 5.82 Å². The second kappa shape index (κ2) is 2.99. The molecular weight excluding hydrogens is 239 g/mol. The van der Waals surface area contributed by atoms with Crippen molar-refractivity contribution in [2.24, 2.45) is 0 Å². The van der Waals surface area contributed by atoms with Crippen LogP contribution in [0.15, 0.2) is 22.9 Å². The van der Waals surface area contributed by atoms with Crippen LogP contribution in [-0.4, -0.2) is 16.7 Å². The first kappa shape index (κ1) is 8.50. The van der Waals surface area contributed by atoms with Crippen molar-refractivity contribution in [3.8, 4) is 5.75 Å². The quantitative estimate of drug-likeness (QED) is 0.770. The lowest BCUT2D eigenvalue weighted by Crippen LogP contribution is -1.92. The number of rotatable bonds is 1. The van der Waals surface area contributed by atoms with Crippen molar-refractivity contribution in [1.29, 1.82) is 0 Å². The summed E-state index contributed by atoms with van der Waals surface area (Å²) in [6.45, 7) is 0. The molecule has 2 aromatic rings. The number of nitrogens with zero attached hydrogens (tertiary/aromatic N) is 2. The molecule has 5 heteroatoms. The molecule has 0 fully saturated rings. The van der Waals surface area contributed by atoms with Gasteiger partial charge in [0.25, 0.3) is 0 Å². The van der Waals surface area contributed by atoms with Gasteiger partial charge in [0.2, 0.25) is 0 Å². The number of pyridine rings is 1. The van der Waals surface area contributed by atoms with E-state index in [-0.39, 0.29) is 5.82 Å². The van der Waals surface area contributed by atoms with E-state index in [4.69, 9.17) is 4.74 Å². The zero-order valence-corrected chi connectivity index (χ0v) is 8.38. The number of ether oxygens (including phenoxy) is 1. The van der Waals surface area contributed by atoms with E-state index in [9.17, 15) is 4.39 Å². The molecular formula is C8H6BrFN2O. The van der Waals surface area contributed by atoms with Gasteiger partial charge in [0.15, 0.2) is 5.82 Å². The highest BCUT2D eigenvalue weighted by molar-refractivity contribution is 9.10. The van der Waals surface area contributed by atoms with E-state index < -0.39 is 0 Å². The van der Waals surface area contributed by atoms with E-state index in [1.165, 1.54) is 11.6 Å². The predicted octanol–water partition coefficient (Wildman–Crippen LogP) is 2.24. The molecule has 68 valence electrons. The van der Waals surface area contributed by atoms with Crippen molar-refractivity contribution in [3.05, 3.63) is 28.7 Å². The summed E-state index contributed by atoms with van der Waals surface area (Å²) in [6, 6.07) is 1.69. The summed E-state index contributed by atoms with van der Waals surface area (Å²) in [5.41, 5.74) is 0.353. The maximum atomic E-state index is 13.1. The third-order valence-electron chi connectivity index (χ3n) is 1.72. The first-order chi connectivity index (χ1) is 6.22. The molecule has 0 unspecified atom stereocenters. The highest BCUT2D eigenvalue weighted by Crippen LogP contribution is 2.25. The van der Waals surface area contributed by atoms with Crippen LogP contribution in [0.3, 0.4) is 0 Å². The van der Waals surface area contributed by atoms with Crippen molar-refractivity contribution < 1.29 is 9.13 Å². The number of halogens is 2. The molecule has 13 heavy (non-hydrogen) atoms. The first-order valence-electron chi connectivity index (χ1n) is 3.59. The molecule has 3 nitrogen and oxygen atoms in total. The summed E-state index contributed by atoms with van der Waals surface area (Å²) in [5, 5.41) is 3.82. The third-order valence-corrected chi connectivity index (χ3v) is 2.15. The number of fused-ring (bicyclic) bond motifs is 1. The Labute approximate surface area is 82.2 Å². The van der Waals surface area contributed by atoms with Gasteiger partial charge < -0.3 is 4.74 Å². The van der Waals surface area contributed by atoms with Gasteiger partial charge in [-0.25, -0.2) is 8.91 Å². The Hall–Kier alpha value is -1.10. The molecule has 0 radical (unpaired) electrons. The van der Waals surface area contributed by atoms with Gasteiger partial charge in [-0.1, -0.05) is 0 Å². The van der Waals surface area contributed by atoms with Crippen LogP contribution < -0.4 is 4.74 Å². The van der Waals surface area contributed by atoms with Crippen molar-refractivity contribution in [1.82, 2.24) is 9.61 Å². The molecule has 0 aliphatic rings. The molecule has 0 atom stereocenters. The predicted molar refractivity (Wildman–Crippen MR) is 49.4 cm³/mol. The van der Waals surface area contributed by atoms with Gasteiger partial charge >= 0.3 is 0 Å². The number of methoxy groups -OCH3 is 1. The Bertz CT molecular complexity index is 455. The largest absolute Gasteiger partial charge is 0.494 e. The summed E-state index contributed by atoms with van der Waals surface area (Å²) in [5.74, 6) is 0.0775. The lowest BCUT2D eigenvalue weighted by atomic mass is 10.3. The monoisotopic (exact) mass is 244 g/mol. The summed E-state index contributed by atoms with van der Waals surface area (Å²) in [7, 11) is 1.49. The lowest BCUT2D eigenvalue weighted by molar-refractivity contribution is 0.415. The van der Waals surface area contributed by atoms with Crippen LogP contribution in [-0.2, 0) is 0 Å². The van der Waals surface area contributed by atoms with Gasteiger partial charge in [-0.3, -0.25) is 0 Å². The van der Waals surface area contributed by atoms with Crippen molar-refractivity contribution in [2.45, 2.75) is 0 Å². The molecule has 0 spiro atoms. The van der Waals surface area contributed by atoms with Crippen molar-refractivity contribution in [2.75, 3.05) is 7.11 Å². The average Bonchev–Trinajstić information content (AvgIpc) is 2.46. The minimum Gasteiger partial charge on any atom is -0.494 e. The van der Waals surface area contributed by atoms with Gasteiger partial charge in [0.05, 0.1) is 13.3 Å². The van der Waals surface area contributed by atoms with Gasteiger partial charge in [-0.05, 0) is 22.0 Å². The zero-order valence-electron chi connectivity index (χ0n) is 6.79. The fraction of sp³-hybridized carbons (Fsp3) is 0.125. The van der Waals surface area contributed by atoms with E-state index in [0.29, 0.717) is 11.3 Å². The molecule has 0 saturated heterocycles. The van der Waals surface area contributed by atoms with Crippen LogP contribution in [0.1, 0.15) is 0 Å². The Morgan fingerprint density at radius 2 is 2.38 bits per heavy atom. The highest BCUT2D eigenvalue weighted by atomic mass is 79.9. The highest BCUT2D eigenvalue weighted by Gasteiger charge is 2.09. The zero-order chi connectivity index (χ0) is 9.42. The van der Waals surface area contributed by atoms with Crippen LogP contribution in [0.5, 0.6) is 5.75 Å². The minimum absolute atomic E-state index is 0.353. The molecule has 0 bridgehead atoms. The van der Waals surface area contributed by atoms with E-state index in [2.05, 4.69) is 21.0 Å². The maximum Gasteiger partial charge on any atom is 0.172 e. The number of hydrogen-bond acceptors (Lipinski definition) is 2. The van der Waals surface area contributed by atoms with Crippen molar-refractivity contribution >= 4 is 21.4 Å². The van der Waals surface area contributed by atoms with E-state index in [1.54, 1.807) is 12.3 Å². The van der Waals surface area contributed by atoms with Crippen molar-refractivity contribution in [3.63, 3.8) is 0 Å². The SMILES string of the molecule is COc1cc(Br)cn2ncc(F)c12. The average molecular weight is 245 g/mol. The standard InChI is InChI=1S/C8H6BrFN2O/c1-13-7-2-5(9)4-12-8(7)6(10)3-11-12/h2-4H,1H3. The van der Waals surface area contributed by atoms with Crippen LogP contribution in [0.2, 0.25) is 0 Å². The smallest absolute Gasteiger partial charge is 0.172 e. The first-order valence-corrected chi connectivity index (χ1v) is 4.38. The fourth-order valence-corrected chi connectivity index (χ4v) is 1.57. The van der Waals surface area contributed by atoms with E-state index in [1.807, 2.05) is 0 Å². The molecule has 0 N–H and O–H groups in total. The summed E-state index contributed by atoms with van der Waals surface area (Å²) < 4.78 is 20.4. The third kappa shape index (κ3) is 1.29. The topological polar surface area (TPSA) is 26.5 Å². The Balaban J connectivity index is 2.85. The fourth-order valence-electron chi connectivity index (χ4n) is 1.17. The van der Waals surface area contributed by atoms with Crippen LogP contribution >= 0.6 is 15.9 Å². The van der Waals surface area contributed by atoms with Gasteiger partial charge in [-0.15, -0.1) is 0 Å². The molecule has 2 aromatic heterocycles. The number of aromatic nitrogens is 2. The van der Waals surface area contributed by atoms with Gasteiger partial charge in [0, 0.05) is 10.7 Å². The Morgan fingerprint density at radius 3 is 3.08 bits per heavy atom. The second-order valence-corrected chi connectivity index (χ2v) is 3.43. The van der Waals surface area contributed by atoms with E-state index >= 15 is 0 Å². The lowest BCUT2D eigenvalue weighted by Gasteiger charge is -2.02. The van der Waals surface area contributed by atoms with Crippen LogP contribution in [0.25, 0.3) is 5.52 Å². The second-order valence-electron chi connectivity index (χ2n) is 2.51. The van der Waals surface area contributed by atoms with Crippen LogP contribution in [0.4, 0.5) is 4.39 Å². The van der Waals surface area contributed by atoms with Gasteiger partial charge in [-0.2, -0.15) is 5.10 Å². The molecule has 0 aromatic carbocycles. The van der Waals surface area contributed by atoms with E-state index in [0.717, 1.165) is 10.7 Å². The minimum atomic E-state index is -0.385. The molecule has 0 aliphatic heterocycles. The Morgan fingerprint density at radius 1 is 1.62 bits per heavy atom. The maximum absolute atomic E-state index is 13.1. The normalized spacial score (nSPS) is 10.7.